The second kappa shape index (κ2) is 5.69. The number of carbonyl (C=O) groups is 1. The minimum absolute atomic E-state index is 0.135. The smallest absolute Gasteiger partial charge is 0.301 e. The number of carbonyl (C=O) groups excluding carboxylic acids is 1. The minimum atomic E-state index is -0.499. The molecule has 2 aliphatic heterocycles. The summed E-state index contributed by atoms with van der Waals surface area (Å²) in [7, 11) is 0. The highest BCUT2D eigenvalue weighted by atomic mass is 16.5. The summed E-state index contributed by atoms with van der Waals surface area (Å²) in [5.74, 6) is 0.445. The Labute approximate surface area is 126 Å². The van der Waals surface area contributed by atoms with Crippen LogP contribution in [-0.4, -0.2) is 36.2 Å². The van der Waals surface area contributed by atoms with Gasteiger partial charge in [0.05, 0.1) is 23.8 Å². The molecule has 0 saturated carbocycles. The second-order valence-corrected chi connectivity index (χ2v) is 4.57. The maximum Gasteiger partial charge on any atom is 0.301 e. The van der Waals surface area contributed by atoms with Crippen molar-refractivity contribution in [3.8, 4) is 11.8 Å². The molecule has 3 rings (SSSR count). The van der Waals surface area contributed by atoms with Gasteiger partial charge in [-0.05, 0) is 24.6 Å². The summed E-state index contributed by atoms with van der Waals surface area (Å²) in [6.45, 7) is 2.50. The van der Waals surface area contributed by atoms with Crippen molar-refractivity contribution in [2.75, 3.05) is 6.61 Å². The van der Waals surface area contributed by atoms with E-state index in [9.17, 15) is 4.79 Å². The normalized spacial score (nSPS) is 15.6. The van der Waals surface area contributed by atoms with E-state index in [-0.39, 0.29) is 17.4 Å². The van der Waals surface area contributed by atoms with Crippen LogP contribution in [0.3, 0.4) is 0 Å². The van der Waals surface area contributed by atoms with Crippen molar-refractivity contribution in [1.29, 1.82) is 5.26 Å². The van der Waals surface area contributed by atoms with Crippen molar-refractivity contribution in [3.05, 3.63) is 29.3 Å². The van der Waals surface area contributed by atoms with Gasteiger partial charge in [-0.3, -0.25) is 4.79 Å². The molecule has 0 aromatic heterocycles. The molecule has 108 valence electrons. The minimum Gasteiger partial charge on any atom is -0.493 e. The van der Waals surface area contributed by atoms with E-state index in [4.69, 9.17) is 10.00 Å². The highest BCUT2D eigenvalue weighted by Crippen LogP contribution is 2.23. The summed E-state index contributed by atoms with van der Waals surface area (Å²) >= 11 is 0. The number of benzene rings is 1. The first-order valence-electron chi connectivity index (χ1n) is 6.72. The Balaban J connectivity index is 2.07. The lowest BCUT2D eigenvalue weighted by molar-refractivity contribution is -0.111. The fourth-order valence-corrected chi connectivity index (χ4v) is 2.00. The van der Waals surface area contributed by atoms with Gasteiger partial charge >= 0.3 is 5.91 Å². The molecule has 0 N–H and O–H groups in total. The zero-order valence-electron chi connectivity index (χ0n) is 11.8. The van der Waals surface area contributed by atoms with E-state index in [1.54, 1.807) is 18.2 Å². The zero-order valence-corrected chi connectivity index (χ0v) is 11.8. The molecule has 0 fully saturated rings. The number of hydrogen-bond acceptors (Lipinski definition) is 6. The molecule has 1 aromatic carbocycles. The van der Waals surface area contributed by atoms with E-state index < -0.39 is 5.91 Å². The summed E-state index contributed by atoms with van der Waals surface area (Å²) in [4.78, 5) is 27.9. The van der Waals surface area contributed by atoms with Crippen LogP contribution in [0, 0.1) is 11.3 Å². The zero-order chi connectivity index (χ0) is 15.5. The van der Waals surface area contributed by atoms with Crippen LogP contribution in [0.4, 0.5) is 0 Å². The van der Waals surface area contributed by atoms with Crippen molar-refractivity contribution in [2.45, 2.75) is 13.3 Å². The number of nitriles is 1. The van der Waals surface area contributed by atoms with Gasteiger partial charge < -0.3 is 4.74 Å². The molecule has 1 amide bonds. The van der Waals surface area contributed by atoms with Crippen LogP contribution in [0.25, 0.3) is 0 Å². The molecule has 0 unspecified atom stereocenters. The quantitative estimate of drug-likeness (QED) is 0.841. The highest BCUT2D eigenvalue weighted by Gasteiger charge is 2.27. The summed E-state index contributed by atoms with van der Waals surface area (Å²) < 4.78 is 5.65. The van der Waals surface area contributed by atoms with E-state index in [0.29, 0.717) is 23.5 Å². The standard InChI is InChI=1S/C15H11N5O2/c1-2-5-22-11-4-3-9(7-16)6-10(11)13-19-14-12(15(21)20-13)17-8-18-14/h3-4,6,8H,2,5H2,1H3. The fourth-order valence-electron chi connectivity index (χ4n) is 2.00. The number of amides is 1. The van der Waals surface area contributed by atoms with Gasteiger partial charge in [0, 0.05) is 0 Å². The Morgan fingerprint density at radius 3 is 2.91 bits per heavy atom. The number of rotatable bonds is 4. The molecule has 0 bridgehead atoms. The molecular weight excluding hydrogens is 282 g/mol. The average molecular weight is 293 g/mol. The Hall–Kier alpha value is -3.14. The fraction of sp³-hybridized carbons (Fsp3) is 0.200. The van der Waals surface area contributed by atoms with Crippen LogP contribution in [-0.2, 0) is 4.79 Å². The van der Waals surface area contributed by atoms with Gasteiger partial charge in [-0.15, -0.1) is 0 Å². The van der Waals surface area contributed by atoms with Gasteiger partial charge in [-0.1, -0.05) is 6.92 Å². The number of nitrogens with zero attached hydrogens (tertiary/aromatic N) is 5. The van der Waals surface area contributed by atoms with Crippen molar-refractivity contribution in [3.63, 3.8) is 0 Å². The maximum absolute atomic E-state index is 12.0. The van der Waals surface area contributed by atoms with E-state index in [1.165, 1.54) is 6.34 Å². The Kier molecular flexibility index (Phi) is 3.58. The number of aliphatic imine (C=N–C) groups is 4. The Morgan fingerprint density at radius 2 is 2.14 bits per heavy atom. The van der Waals surface area contributed by atoms with Crippen LogP contribution in [0.1, 0.15) is 24.5 Å². The second-order valence-electron chi connectivity index (χ2n) is 4.57. The predicted octanol–water partition coefficient (Wildman–Crippen LogP) is 1.52. The average Bonchev–Trinajstić information content (AvgIpc) is 3.02. The summed E-state index contributed by atoms with van der Waals surface area (Å²) in [6.07, 6.45) is 2.10. The molecule has 7 heteroatoms. The van der Waals surface area contributed by atoms with Gasteiger partial charge in [0.1, 0.15) is 12.1 Å². The number of fused-ring (bicyclic) bond motifs is 1. The van der Waals surface area contributed by atoms with E-state index in [2.05, 4.69) is 26.0 Å². The highest BCUT2D eigenvalue weighted by molar-refractivity contribution is 6.71. The van der Waals surface area contributed by atoms with Crippen molar-refractivity contribution in [1.82, 2.24) is 0 Å². The number of hydrogen-bond donors (Lipinski definition) is 0. The molecule has 0 spiro atoms. The molecule has 1 aromatic rings. The lowest BCUT2D eigenvalue weighted by atomic mass is 10.1. The predicted molar refractivity (Wildman–Crippen MR) is 81.8 cm³/mol. The largest absolute Gasteiger partial charge is 0.493 e. The topological polar surface area (TPSA) is 99.5 Å². The van der Waals surface area contributed by atoms with Crippen LogP contribution >= 0.6 is 0 Å². The third kappa shape index (κ3) is 2.42. The molecule has 0 aliphatic carbocycles. The van der Waals surface area contributed by atoms with E-state index in [0.717, 1.165) is 6.42 Å². The molecule has 0 atom stereocenters. The Bertz CT molecular complexity index is 812. The molecular formula is C15H11N5O2. The number of ether oxygens (including phenoxy) is 1. The van der Waals surface area contributed by atoms with Crippen LogP contribution in [0.2, 0.25) is 0 Å². The first-order chi connectivity index (χ1) is 10.7. The molecule has 0 radical (unpaired) electrons. The van der Waals surface area contributed by atoms with Gasteiger partial charge in [0.2, 0.25) is 0 Å². The van der Waals surface area contributed by atoms with Crippen molar-refractivity contribution in [2.24, 2.45) is 20.0 Å². The molecule has 22 heavy (non-hydrogen) atoms. The first-order valence-corrected chi connectivity index (χ1v) is 6.72. The number of amidine groups is 2. The van der Waals surface area contributed by atoms with Gasteiger partial charge in [0.25, 0.3) is 0 Å². The Morgan fingerprint density at radius 1 is 1.27 bits per heavy atom. The van der Waals surface area contributed by atoms with Crippen molar-refractivity contribution < 1.29 is 9.53 Å². The maximum atomic E-state index is 12.0. The first kappa shape index (κ1) is 13.8. The van der Waals surface area contributed by atoms with Crippen LogP contribution in [0.5, 0.6) is 5.75 Å². The molecule has 0 saturated heterocycles. The summed E-state index contributed by atoms with van der Waals surface area (Å²) in [6, 6.07) is 6.97. The van der Waals surface area contributed by atoms with Crippen LogP contribution in [0.15, 0.2) is 38.2 Å². The van der Waals surface area contributed by atoms with Gasteiger partial charge in [-0.25, -0.2) is 15.0 Å². The lowest BCUT2D eigenvalue weighted by Gasteiger charge is -2.13. The third-order valence-corrected chi connectivity index (χ3v) is 3.01. The van der Waals surface area contributed by atoms with E-state index in [1.807, 2.05) is 6.92 Å². The lowest BCUT2D eigenvalue weighted by Crippen LogP contribution is -2.26. The van der Waals surface area contributed by atoms with Gasteiger partial charge in [0.15, 0.2) is 17.4 Å². The molecule has 7 nitrogen and oxygen atoms in total. The monoisotopic (exact) mass is 293 g/mol. The SMILES string of the molecule is CCCOc1ccc(C#N)cc1C1=NC(=O)C2=NC=NC2=N1. The van der Waals surface area contributed by atoms with E-state index >= 15 is 0 Å². The summed E-state index contributed by atoms with van der Waals surface area (Å²) in [5, 5.41) is 9.05. The van der Waals surface area contributed by atoms with Crippen LogP contribution < -0.4 is 4.74 Å². The molecule has 2 heterocycles. The van der Waals surface area contributed by atoms with Gasteiger partial charge in [-0.2, -0.15) is 10.3 Å². The summed E-state index contributed by atoms with van der Waals surface area (Å²) in [5.41, 5.74) is 1.06. The third-order valence-electron chi connectivity index (χ3n) is 3.01. The molecule has 2 aliphatic rings. The van der Waals surface area contributed by atoms with Crippen molar-refractivity contribution >= 4 is 29.6 Å².